The second kappa shape index (κ2) is 6.84. The Morgan fingerprint density at radius 1 is 1.00 bits per heavy atom. The molecule has 0 aliphatic carbocycles. The van der Waals surface area contributed by atoms with Gasteiger partial charge in [-0.05, 0) is 41.8 Å². The first-order valence-corrected chi connectivity index (χ1v) is 7.92. The Kier molecular flexibility index (Phi) is 4.62. The molecule has 124 valence electrons. The highest BCUT2D eigenvalue weighted by atomic mass is 16.5. The first-order chi connectivity index (χ1) is 11.6. The molecule has 3 rings (SSSR count). The number of hydrogen-bond acceptors (Lipinski definition) is 4. The molecule has 0 spiro atoms. The topological polar surface area (TPSA) is 72.6 Å². The Balaban J connectivity index is 1.74. The molecule has 1 atom stereocenters. The van der Waals surface area contributed by atoms with Crippen LogP contribution in [0, 0.1) is 0 Å². The van der Waals surface area contributed by atoms with E-state index in [4.69, 9.17) is 10.5 Å². The van der Waals surface area contributed by atoms with Crippen LogP contribution in [0.4, 0.5) is 0 Å². The third-order valence-corrected chi connectivity index (χ3v) is 4.28. The van der Waals surface area contributed by atoms with Gasteiger partial charge in [0.05, 0.1) is 12.7 Å². The molecule has 0 aromatic heterocycles. The van der Waals surface area contributed by atoms with E-state index in [-0.39, 0.29) is 17.9 Å². The number of carbonyl (C=O) groups excluding carboxylic acids is 2. The van der Waals surface area contributed by atoms with Crippen molar-refractivity contribution in [2.75, 3.05) is 20.2 Å². The van der Waals surface area contributed by atoms with Crippen LogP contribution in [-0.2, 0) is 4.74 Å². The summed E-state index contributed by atoms with van der Waals surface area (Å²) in [6.07, 6.45) is 0.858. The van der Waals surface area contributed by atoms with Gasteiger partial charge < -0.3 is 15.4 Å². The van der Waals surface area contributed by atoms with E-state index in [2.05, 4.69) is 0 Å². The molecular formula is C19H20N2O3. The number of esters is 1. The molecule has 24 heavy (non-hydrogen) atoms. The van der Waals surface area contributed by atoms with Crippen LogP contribution in [0.2, 0.25) is 0 Å². The minimum atomic E-state index is -0.355. The van der Waals surface area contributed by atoms with Crippen LogP contribution in [0.25, 0.3) is 11.1 Å². The number of likely N-dealkylation sites (tertiary alicyclic amines) is 1. The SMILES string of the molecule is COC(=O)c1ccc(-c2ccc(C(=O)N3CC[C@H](N)C3)cc2)cc1. The third kappa shape index (κ3) is 3.31. The maximum atomic E-state index is 12.4. The summed E-state index contributed by atoms with van der Waals surface area (Å²) in [5.74, 6) is -0.332. The van der Waals surface area contributed by atoms with Gasteiger partial charge in [0.1, 0.15) is 0 Å². The first-order valence-electron chi connectivity index (χ1n) is 7.92. The van der Waals surface area contributed by atoms with Gasteiger partial charge in [0.2, 0.25) is 0 Å². The van der Waals surface area contributed by atoms with Crippen LogP contribution < -0.4 is 5.73 Å². The van der Waals surface area contributed by atoms with Crippen molar-refractivity contribution >= 4 is 11.9 Å². The van der Waals surface area contributed by atoms with Crippen LogP contribution in [0.15, 0.2) is 48.5 Å². The Hall–Kier alpha value is -2.66. The fraction of sp³-hybridized carbons (Fsp3) is 0.263. The van der Waals surface area contributed by atoms with Gasteiger partial charge in [-0.15, -0.1) is 0 Å². The number of rotatable bonds is 3. The van der Waals surface area contributed by atoms with Crippen molar-refractivity contribution in [2.45, 2.75) is 12.5 Å². The molecule has 1 amide bonds. The number of ether oxygens (including phenoxy) is 1. The molecule has 2 N–H and O–H groups in total. The number of hydrogen-bond donors (Lipinski definition) is 1. The number of carbonyl (C=O) groups is 2. The van der Waals surface area contributed by atoms with E-state index >= 15 is 0 Å². The zero-order chi connectivity index (χ0) is 17.1. The molecule has 1 heterocycles. The fourth-order valence-electron chi connectivity index (χ4n) is 2.88. The highest BCUT2D eigenvalue weighted by molar-refractivity contribution is 5.95. The van der Waals surface area contributed by atoms with Crippen molar-refractivity contribution in [3.8, 4) is 11.1 Å². The first kappa shape index (κ1) is 16.2. The van der Waals surface area contributed by atoms with Gasteiger partial charge in [-0.2, -0.15) is 0 Å². The largest absolute Gasteiger partial charge is 0.465 e. The van der Waals surface area contributed by atoms with Crippen LogP contribution >= 0.6 is 0 Å². The Labute approximate surface area is 141 Å². The molecule has 5 heteroatoms. The molecule has 0 bridgehead atoms. The molecule has 5 nitrogen and oxygen atoms in total. The molecule has 1 aliphatic rings. The second-order valence-corrected chi connectivity index (χ2v) is 5.95. The molecule has 1 fully saturated rings. The molecule has 1 saturated heterocycles. The summed E-state index contributed by atoms with van der Waals surface area (Å²) in [7, 11) is 1.36. The van der Waals surface area contributed by atoms with E-state index in [1.807, 2.05) is 36.4 Å². The number of amides is 1. The highest BCUT2D eigenvalue weighted by Gasteiger charge is 2.24. The van der Waals surface area contributed by atoms with E-state index in [9.17, 15) is 9.59 Å². The van der Waals surface area contributed by atoms with Crippen LogP contribution in [0.3, 0.4) is 0 Å². The summed E-state index contributed by atoms with van der Waals surface area (Å²) in [6.45, 7) is 1.34. The molecule has 0 radical (unpaired) electrons. The summed E-state index contributed by atoms with van der Waals surface area (Å²) in [4.78, 5) is 25.7. The van der Waals surface area contributed by atoms with Gasteiger partial charge in [0, 0.05) is 24.7 Å². The van der Waals surface area contributed by atoms with Gasteiger partial charge in [0.15, 0.2) is 0 Å². The highest BCUT2D eigenvalue weighted by Crippen LogP contribution is 2.22. The normalized spacial score (nSPS) is 16.9. The number of methoxy groups -OCH3 is 1. The molecule has 0 unspecified atom stereocenters. The van der Waals surface area contributed by atoms with Crippen molar-refractivity contribution < 1.29 is 14.3 Å². The summed E-state index contributed by atoms with van der Waals surface area (Å²) in [5, 5.41) is 0. The minimum Gasteiger partial charge on any atom is -0.465 e. The minimum absolute atomic E-state index is 0.0236. The van der Waals surface area contributed by atoms with Crippen molar-refractivity contribution in [3.63, 3.8) is 0 Å². The van der Waals surface area contributed by atoms with Crippen LogP contribution in [0.5, 0.6) is 0 Å². The monoisotopic (exact) mass is 324 g/mol. The molecule has 2 aromatic carbocycles. The van der Waals surface area contributed by atoms with Crippen molar-refractivity contribution in [3.05, 3.63) is 59.7 Å². The van der Waals surface area contributed by atoms with Gasteiger partial charge in [-0.25, -0.2) is 4.79 Å². The van der Waals surface area contributed by atoms with Gasteiger partial charge in [0.25, 0.3) is 5.91 Å². The predicted octanol–water partition coefficient (Wildman–Crippen LogP) is 2.31. The lowest BCUT2D eigenvalue weighted by Gasteiger charge is -2.16. The van der Waals surface area contributed by atoms with Gasteiger partial charge in [-0.1, -0.05) is 24.3 Å². The molecule has 0 saturated carbocycles. The number of benzene rings is 2. The summed E-state index contributed by atoms with van der Waals surface area (Å²) in [5.41, 5.74) is 9.00. The molecule has 1 aliphatic heterocycles. The second-order valence-electron chi connectivity index (χ2n) is 5.95. The lowest BCUT2D eigenvalue weighted by Crippen LogP contribution is -2.31. The van der Waals surface area contributed by atoms with E-state index in [1.165, 1.54) is 7.11 Å². The maximum Gasteiger partial charge on any atom is 0.337 e. The Bertz CT molecular complexity index is 738. The standard InChI is InChI=1S/C19H20N2O3/c1-24-19(23)16-8-4-14(5-9-16)13-2-6-15(7-3-13)18(22)21-11-10-17(20)12-21/h2-9,17H,10-12,20H2,1H3/t17-/m0/s1. The van der Waals surface area contributed by atoms with Gasteiger partial charge >= 0.3 is 5.97 Å². The zero-order valence-corrected chi connectivity index (χ0v) is 13.6. The van der Waals surface area contributed by atoms with Crippen LogP contribution in [0.1, 0.15) is 27.1 Å². The van der Waals surface area contributed by atoms with Crippen molar-refractivity contribution in [1.82, 2.24) is 4.90 Å². The molecule has 2 aromatic rings. The number of nitrogens with zero attached hydrogens (tertiary/aromatic N) is 1. The van der Waals surface area contributed by atoms with E-state index in [1.54, 1.807) is 17.0 Å². The lowest BCUT2D eigenvalue weighted by atomic mass is 10.0. The fourth-order valence-corrected chi connectivity index (χ4v) is 2.88. The zero-order valence-electron chi connectivity index (χ0n) is 13.6. The summed E-state index contributed by atoms with van der Waals surface area (Å²) in [6, 6.07) is 14.8. The average molecular weight is 324 g/mol. The number of nitrogens with two attached hydrogens (primary N) is 1. The quantitative estimate of drug-likeness (QED) is 0.880. The Morgan fingerprint density at radius 3 is 2.00 bits per heavy atom. The Morgan fingerprint density at radius 2 is 1.54 bits per heavy atom. The predicted molar refractivity (Wildman–Crippen MR) is 91.7 cm³/mol. The average Bonchev–Trinajstić information content (AvgIpc) is 3.07. The van der Waals surface area contributed by atoms with E-state index in [0.717, 1.165) is 24.1 Å². The summed E-state index contributed by atoms with van der Waals surface area (Å²) < 4.78 is 4.69. The lowest BCUT2D eigenvalue weighted by molar-refractivity contribution is 0.0600. The third-order valence-electron chi connectivity index (χ3n) is 4.28. The van der Waals surface area contributed by atoms with E-state index in [0.29, 0.717) is 17.7 Å². The van der Waals surface area contributed by atoms with Crippen molar-refractivity contribution in [1.29, 1.82) is 0 Å². The smallest absolute Gasteiger partial charge is 0.337 e. The maximum absolute atomic E-state index is 12.4. The van der Waals surface area contributed by atoms with E-state index < -0.39 is 0 Å². The van der Waals surface area contributed by atoms with Crippen LogP contribution in [-0.4, -0.2) is 43.0 Å². The van der Waals surface area contributed by atoms with Crippen molar-refractivity contribution in [2.24, 2.45) is 5.73 Å². The summed E-state index contributed by atoms with van der Waals surface area (Å²) >= 11 is 0. The van der Waals surface area contributed by atoms with Gasteiger partial charge in [-0.3, -0.25) is 4.79 Å². The molecular weight excluding hydrogens is 304 g/mol.